The molecule has 2 fully saturated rings. The fourth-order valence-electron chi connectivity index (χ4n) is 4.14. The number of nitrogens with zero attached hydrogens (tertiary/aromatic N) is 6. The number of fused-ring (bicyclic) bond motifs is 1. The first kappa shape index (κ1) is 17.8. The normalized spacial score (nSPS) is 25.1. The van der Waals surface area contributed by atoms with Gasteiger partial charge in [0.05, 0.1) is 6.20 Å². The number of aromatic nitrogens is 3. The zero-order chi connectivity index (χ0) is 18.3. The lowest BCUT2D eigenvalue weighted by Gasteiger charge is -2.45. The SMILES string of the molecule is CC1CN(S(=O)(=O)c2cnc3cccnn23)CCN1C1CCN(C)CC1. The minimum atomic E-state index is -3.60. The number of piperidine rings is 1. The zero-order valence-electron chi connectivity index (χ0n) is 15.3. The van der Waals surface area contributed by atoms with Gasteiger partial charge < -0.3 is 4.90 Å². The Labute approximate surface area is 154 Å². The third kappa shape index (κ3) is 3.13. The number of rotatable bonds is 3. The van der Waals surface area contributed by atoms with Crippen molar-refractivity contribution < 1.29 is 8.42 Å². The van der Waals surface area contributed by atoms with Gasteiger partial charge in [0.25, 0.3) is 10.0 Å². The summed E-state index contributed by atoms with van der Waals surface area (Å²) in [5.74, 6) is 0. The molecule has 2 aromatic rings. The summed E-state index contributed by atoms with van der Waals surface area (Å²) in [5.41, 5.74) is 0.545. The molecular formula is C17H26N6O2S. The van der Waals surface area contributed by atoms with Gasteiger partial charge in [-0.2, -0.15) is 9.40 Å². The highest BCUT2D eigenvalue weighted by Crippen LogP contribution is 2.25. The van der Waals surface area contributed by atoms with E-state index < -0.39 is 10.0 Å². The molecule has 2 aliphatic rings. The average Bonchev–Trinajstić information content (AvgIpc) is 3.07. The molecule has 0 saturated carbocycles. The molecule has 0 aliphatic carbocycles. The second-order valence-corrected chi connectivity index (χ2v) is 9.26. The van der Waals surface area contributed by atoms with Crippen LogP contribution in [0.3, 0.4) is 0 Å². The van der Waals surface area contributed by atoms with E-state index in [0.29, 0.717) is 24.8 Å². The molecular weight excluding hydrogens is 352 g/mol. The maximum absolute atomic E-state index is 13.1. The van der Waals surface area contributed by atoms with Crippen molar-refractivity contribution in [3.8, 4) is 0 Å². The van der Waals surface area contributed by atoms with Crippen molar-refractivity contribution in [2.24, 2.45) is 0 Å². The molecule has 0 aromatic carbocycles. The van der Waals surface area contributed by atoms with Gasteiger partial charge in [0.15, 0.2) is 10.7 Å². The Morgan fingerprint density at radius 1 is 1.15 bits per heavy atom. The molecule has 1 atom stereocenters. The molecule has 26 heavy (non-hydrogen) atoms. The topological polar surface area (TPSA) is 74.0 Å². The molecule has 2 aromatic heterocycles. The first-order valence-corrected chi connectivity index (χ1v) is 10.6. The molecule has 1 unspecified atom stereocenters. The first-order valence-electron chi connectivity index (χ1n) is 9.20. The minimum absolute atomic E-state index is 0.146. The fourth-order valence-corrected chi connectivity index (χ4v) is 5.69. The lowest BCUT2D eigenvalue weighted by atomic mass is 10.0. The van der Waals surface area contributed by atoms with E-state index >= 15 is 0 Å². The predicted octanol–water partition coefficient (Wildman–Crippen LogP) is 0.518. The number of hydrogen-bond donors (Lipinski definition) is 0. The molecule has 8 nitrogen and oxygen atoms in total. The van der Waals surface area contributed by atoms with Crippen molar-refractivity contribution in [2.45, 2.75) is 36.9 Å². The average molecular weight is 379 g/mol. The lowest BCUT2D eigenvalue weighted by molar-refractivity contribution is 0.0497. The van der Waals surface area contributed by atoms with Crippen LogP contribution in [-0.2, 0) is 10.0 Å². The molecule has 0 spiro atoms. The summed E-state index contributed by atoms with van der Waals surface area (Å²) >= 11 is 0. The smallest absolute Gasteiger partial charge is 0.262 e. The van der Waals surface area contributed by atoms with Crippen LogP contribution >= 0.6 is 0 Å². The maximum Gasteiger partial charge on any atom is 0.262 e. The van der Waals surface area contributed by atoms with Crippen molar-refractivity contribution >= 4 is 15.7 Å². The van der Waals surface area contributed by atoms with Crippen LogP contribution in [0.1, 0.15) is 19.8 Å². The van der Waals surface area contributed by atoms with Crippen LogP contribution in [0.15, 0.2) is 29.6 Å². The third-order valence-electron chi connectivity index (χ3n) is 5.65. The summed E-state index contributed by atoms with van der Waals surface area (Å²) in [6.07, 6.45) is 5.30. The summed E-state index contributed by atoms with van der Waals surface area (Å²) in [6.45, 7) is 6.16. The van der Waals surface area contributed by atoms with Crippen LogP contribution in [0, 0.1) is 0 Å². The van der Waals surface area contributed by atoms with E-state index in [9.17, 15) is 8.42 Å². The highest BCUT2D eigenvalue weighted by molar-refractivity contribution is 7.89. The Hall–Kier alpha value is -1.55. The Balaban J connectivity index is 1.51. The maximum atomic E-state index is 13.1. The van der Waals surface area contributed by atoms with Gasteiger partial charge in [0, 0.05) is 37.9 Å². The second-order valence-electron chi connectivity index (χ2n) is 7.37. The van der Waals surface area contributed by atoms with Crippen LogP contribution in [0.25, 0.3) is 5.65 Å². The van der Waals surface area contributed by atoms with Crippen LogP contribution in [0.4, 0.5) is 0 Å². The molecule has 0 amide bonds. The summed E-state index contributed by atoms with van der Waals surface area (Å²) in [7, 11) is -1.44. The summed E-state index contributed by atoms with van der Waals surface area (Å²) in [4.78, 5) is 9.03. The van der Waals surface area contributed by atoms with Crippen molar-refractivity contribution in [3.63, 3.8) is 0 Å². The van der Waals surface area contributed by atoms with Gasteiger partial charge in [-0.05, 0) is 52.0 Å². The number of hydrogen-bond acceptors (Lipinski definition) is 6. The van der Waals surface area contributed by atoms with Crippen molar-refractivity contribution in [1.82, 2.24) is 28.7 Å². The first-order chi connectivity index (χ1) is 12.5. The van der Waals surface area contributed by atoms with Crippen molar-refractivity contribution in [3.05, 3.63) is 24.5 Å². The van der Waals surface area contributed by atoms with Gasteiger partial charge >= 0.3 is 0 Å². The molecule has 0 radical (unpaired) electrons. The lowest BCUT2D eigenvalue weighted by Crippen LogP contribution is -2.58. The van der Waals surface area contributed by atoms with Gasteiger partial charge in [0.2, 0.25) is 0 Å². The summed E-state index contributed by atoms with van der Waals surface area (Å²) < 4.78 is 29.3. The summed E-state index contributed by atoms with van der Waals surface area (Å²) in [5, 5.41) is 4.30. The quantitative estimate of drug-likeness (QED) is 0.775. The molecule has 9 heteroatoms. The standard InChI is InChI=1S/C17H26N6O2S/c1-14-13-21(10-11-22(14)15-5-8-20(2)9-6-15)26(24,25)17-12-18-16-4-3-7-19-23(16)17/h3-4,7,12,14-15H,5-6,8-11,13H2,1-2H3. The van der Waals surface area contributed by atoms with E-state index in [4.69, 9.17) is 0 Å². The highest BCUT2D eigenvalue weighted by Gasteiger charge is 2.37. The van der Waals surface area contributed by atoms with Gasteiger partial charge in [-0.1, -0.05) is 0 Å². The predicted molar refractivity (Wildman–Crippen MR) is 98.4 cm³/mol. The van der Waals surface area contributed by atoms with E-state index in [1.165, 1.54) is 10.7 Å². The summed E-state index contributed by atoms with van der Waals surface area (Å²) in [6, 6.07) is 4.27. The Morgan fingerprint density at radius 3 is 2.65 bits per heavy atom. The Morgan fingerprint density at radius 2 is 1.92 bits per heavy atom. The van der Waals surface area contributed by atoms with Crippen LogP contribution < -0.4 is 0 Å². The highest BCUT2D eigenvalue weighted by atomic mass is 32.2. The molecule has 2 saturated heterocycles. The Bertz CT molecular complexity index is 874. The third-order valence-corrected chi connectivity index (χ3v) is 7.47. The molecule has 4 heterocycles. The minimum Gasteiger partial charge on any atom is -0.306 e. The molecule has 0 bridgehead atoms. The van der Waals surface area contributed by atoms with E-state index in [2.05, 4.69) is 33.9 Å². The van der Waals surface area contributed by atoms with Gasteiger partial charge in [-0.3, -0.25) is 4.90 Å². The van der Waals surface area contributed by atoms with E-state index in [-0.39, 0.29) is 11.1 Å². The van der Waals surface area contributed by atoms with E-state index in [0.717, 1.165) is 32.5 Å². The largest absolute Gasteiger partial charge is 0.306 e. The molecule has 142 valence electrons. The van der Waals surface area contributed by atoms with Crippen molar-refractivity contribution in [2.75, 3.05) is 39.8 Å². The van der Waals surface area contributed by atoms with Gasteiger partial charge in [-0.15, -0.1) is 0 Å². The van der Waals surface area contributed by atoms with Gasteiger partial charge in [-0.25, -0.2) is 17.9 Å². The van der Waals surface area contributed by atoms with Crippen LogP contribution in [-0.4, -0.2) is 89.0 Å². The number of imidazole rings is 1. The van der Waals surface area contributed by atoms with Crippen molar-refractivity contribution in [1.29, 1.82) is 0 Å². The van der Waals surface area contributed by atoms with Crippen LogP contribution in [0.2, 0.25) is 0 Å². The zero-order valence-corrected chi connectivity index (χ0v) is 16.1. The Kier molecular flexibility index (Phi) is 4.72. The molecule has 0 N–H and O–H groups in total. The van der Waals surface area contributed by atoms with E-state index in [1.807, 2.05) is 0 Å². The monoisotopic (exact) mass is 378 g/mol. The number of likely N-dealkylation sites (tertiary alicyclic amines) is 1. The number of sulfonamides is 1. The second kappa shape index (κ2) is 6.88. The van der Waals surface area contributed by atoms with Crippen LogP contribution in [0.5, 0.6) is 0 Å². The van der Waals surface area contributed by atoms with E-state index in [1.54, 1.807) is 22.6 Å². The fraction of sp³-hybridized carbons (Fsp3) is 0.647. The molecule has 2 aliphatic heterocycles. The number of piperazine rings is 1. The van der Waals surface area contributed by atoms with Gasteiger partial charge in [0.1, 0.15) is 0 Å². The molecule has 4 rings (SSSR count).